The van der Waals surface area contributed by atoms with Crippen molar-refractivity contribution in [3.63, 3.8) is 0 Å². The molecule has 2 N–H and O–H groups in total. The minimum atomic E-state index is -0.483. The predicted octanol–water partition coefficient (Wildman–Crippen LogP) is 3.95. The molecule has 0 heterocycles. The van der Waals surface area contributed by atoms with E-state index in [1.807, 2.05) is 13.0 Å². The van der Waals surface area contributed by atoms with E-state index in [-0.39, 0.29) is 18.9 Å². The van der Waals surface area contributed by atoms with Crippen LogP contribution in [0.2, 0.25) is 5.02 Å². The number of carbonyl (C=O) groups is 3. The second kappa shape index (κ2) is 11.1. The van der Waals surface area contributed by atoms with Gasteiger partial charge in [-0.05, 0) is 55.3 Å². The summed E-state index contributed by atoms with van der Waals surface area (Å²) < 4.78 is 10.5. The van der Waals surface area contributed by atoms with Gasteiger partial charge in [-0.15, -0.1) is 0 Å². The number of amides is 2. The normalized spacial score (nSPS) is 10.2. The summed E-state index contributed by atoms with van der Waals surface area (Å²) in [7, 11) is 0. The van der Waals surface area contributed by atoms with Gasteiger partial charge in [-0.1, -0.05) is 17.7 Å². The molecule has 2 amide bonds. The molecule has 0 bridgehead atoms. The Balaban J connectivity index is 1.66. The third-order valence-electron chi connectivity index (χ3n) is 3.75. The molecular weight excluding hydrogens is 396 g/mol. The number of nitrogens with one attached hydrogen (secondary N) is 2. The van der Waals surface area contributed by atoms with Crippen molar-refractivity contribution in [1.29, 1.82) is 0 Å². The van der Waals surface area contributed by atoms with E-state index in [1.54, 1.807) is 36.4 Å². The van der Waals surface area contributed by atoms with Gasteiger partial charge >= 0.3 is 5.97 Å². The molecule has 0 saturated heterocycles. The molecule has 2 aromatic carbocycles. The molecule has 0 aliphatic rings. The summed E-state index contributed by atoms with van der Waals surface area (Å²) in [5.74, 6) is -0.479. The van der Waals surface area contributed by atoms with E-state index in [2.05, 4.69) is 10.6 Å². The molecule has 2 aromatic rings. The van der Waals surface area contributed by atoms with Gasteiger partial charge in [-0.2, -0.15) is 0 Å². The van der Waals surface area contributed by atoms with E-state index < -0.39 is 11.9 Å². The lowest BCUT2D eigenvalue weighted by Crippen LogP contribution is -2.21. The predicted molar refractivity (Wildman–Crippen MR) is 111 cm³/mol. The van der Waals surface area contributed by atoms with Crippen molar-refractivity contribution in [2.24, 2.45) is 0 Å². The Hall–Kier alpha value is -3.06. The first kappa shape index (κ1) is 22.2. The lowest BCUT2D eigenvalue weighted by atomic mass is 10.2. The zero-order chi connectivity index (χ0) is 21.2. The average molecular weight is 419 g/mol. The van der Waals surface area contributed by atoms with Gasteiger partial charge in [-0.3, -0.25) is 14.4 Å². The number of esters is 1. The molecule has 0 radical (unpaired) electrons. The van der Waals surface area contributed by atoms with E-state index in [0.29, 0.717) is 35.2 Å². The second-order valence-electron chi connectivity index (χ2n) is 6.33. The maximum Gasteiger partial charge on any atom is 0.306 e. The Kier molecular flexibility index (Phi) is 8.48. The first-order valence-electron chi connectivity index (χ1n) is 9.05. The van der Waals surface area contributed by atoms with E-state index in [0.717, 1.165) is 5.56 Å². The number of halogens is 1. The minimum Gasteiger partial charge on any atom is -0.494 e. The van der Waals surface area contributed by atoms with Crippen molar-refractivity contribution in [1.82, 2.24) is 0 Å². The largest absolute Gasteiger partial charge is 0.494 e. The Bertz CT molecular complexity index is 885. The van der Waals surface area contributed by atoms with Gasteiger partial charge in [0.05, 0.1) is 6.61 Å². The summed E-state index contributed by atoms with van der Waals surface area (Å²) in [6.07, 6.45) is 0.596. The molecule has 0 spiro atoms. The van der Waals surface area contributed by atoms with Gasteiger partial charge in [0.15, 0.2) is 6.61 Å². The standard InChI is InChI=1S/C21H23ClN2O5/c1-14-11-18(8-9-19(14)22)28-10-4-7-21(27)29-13-20(26)24-17-6-3-5-16(12-17)23-15(2)25/h3,5-6,8-9,11-12H,4,7,10,13H2,1-2H3,(H,23,25)(H,24,26). The highest BCUT2D eigenvalue weighted by Gasteiger charge is 2.09. The molecule has 0 aliphatic heterocycles. The Morgan fingerprint density at radius 2 is 1.76 bits per heavy atom. The number of ether oxygens (including phenoxy) is 2. The smallest absolute Gasteiger partial charge is 0.306 e. The number of benzene rings is 2. The van der Waals surface area contributed by atoms with Crippen molar-refractivity contribution in [2.45, 2.75) is 26.7 Å². The second-order valence-corrected chi connectivity index (χ2v) is 6.74. The molecule has 0 aliphatic carbocycles. The fraction of sp³-hybridized carbons (Fsp3) is 0.286. The topological polar surface area (TPSA) is 93.7 Å². The van der Waals surface area contributed by atoms with Crippen LogP contribution < -0.4 is 15.4 Å². The molecule has 0 unspecified atom stereocenters. The molecule has 0 saturated carbocycles. The van der Waals surface area contributed by atoms with Crippen LogP contribution in [0.5, 0.6) is 5.75 Å². The van der Waals surface area contributed by atoms with Crippen molar-refractivity contribution in [3.8, 4) is 5.75 Å². The highest BCUT2D eigenvalue weighted by Crippen LogP contribution is 2.21. The van der Waals surface area contributed by atoms with Crippen LogP contribution in [0, 0.1) is 6.92 Å². The number of hydrogen-bond donors (Lipinski definition) is 2. The molecule has 0 atom stereocenters. The summed E-state index contributed by atoms with van der Waals surface area (Å²) in [6.45, 7) is 3.23. The maximum absolute atomic E-state index is 11.9. The van der Waals surface area contributed by atoms with Crippen LogP contribution in [-0.4, -0.2) is 31.0 Å². The molecule has 2 rings (SSSR count). The highest BCUT2D eigenvalue weighted by molar-refractivity contribution is 6.31. The van der Waals surface area contributed by atoms with Gasteiger partial charge in [0, 0.05) is 29.7 Å². The van der Waals surface area contributed by atoms with Gasteiger partial charge in [0.2, 0.25) is 5.91 Å². The highest BCUT2D eigenvalue weighted by atomic mass is 35.5. The number of anilines is 2. The fourth-order valence-electron chi connectivity index (χ4n) is 2.41. The van der Waals surface area contributed by atoms with Gasteiger partial charge in [-0.25, -0.2) is 0 Å². The van der Waals surface area contributed by atoms with Crippen molar-refractivity contribution >= 4 is 40.8 Å². The van der Waals surface area contributed by atoms with Crippen molar-refractivity contribution in [3.05, 3.63) is 53.1 Å². The zero-order valence-electron chi connectivity index (χ0n) is 16.3. The lowest BCUT2D eigenvalue weighted by Gasteiger charge is -2.09. The molecule has 0 fully saturated rings. The van der Waals surface area contributed by atoms with Crippen molar-refractivity contribution in [2.75, 3.05) is 23.8 Å². The number of carbonyl (C=O) groups excluding carboxylic acids is 3. The Morgan fingerprint density at radius 3 is 2.45 bits per heavy atom. The van der Waals surface area contributed by atoms with Gasteiger partial charge in [0.25, 0.3) is 5.91 Å². The van der Waals surface area contributed by atoms with Crippen LogP contribution in [0.4, 0.5) is 11.4 Å². The average Bonchev–Trinajstić information content (AvgIpc) is 2.66. The zero-order valence-corrected chi connectivity index (χ0v) is 17.0. The molecule has 0 aromatic heterocycles. The van der Waals surface area contributed by atoms with E-state index in [1.165, 1.54) is 6.92 Å². The maximum atomic E-state index is 11.9. The van der Waals surface area contributed by atoms with E-state index in [9.17, 15) is 14.4 Å². The molecule has 29 heavy (non-hydrogen) atoms. The Labute approximate surface area is 174 Å². The minimum absolute atomic E-state index is 0.137. The molecule has 7 nitrogen and oxygen atoms in total. The summed E-state index contributed by atoms with van der Waals surface area (Å²) in [5.41, 5.74) is 1.96. The third kappa shape index (κ3) is 8.23. The van der Waals surface area contributed by atoms with Crippen LogP contribution in [0.3, 0.4) is 0 Å². The van der Waals surface area contributed by atoms with Crippen LogP contribution in [0.15, 0.2) is 42.5 Å². The summed E-state index contributed by atoms with van der Waals surface area (Å²) in [5, 5.41) is 5.90. The summed E-state index contributed by atoms with van der Waals surface area (Å²) in [4.78, 5) is 34.7. The first-order valence-corrected chi connectivity index (χ1v) is 9.43. The quantitative estimate of drug-likeness (QED) is 0.475. The van der Waals surface area contributed by atoms with E-state index >= 15 is 0 Å². The van der Waals surface area contributed by atoms with E-state index in [4.69, 9.17) is 21.1 Å². The fourth-order valence-corrected chi connectivity index (χ4v) is 2.52. The Morgan fingerprint density at radius 1 is 1.03 bits per heavy atom. The summed E-state index contributed by atoms with van der Waals surface area (Å²) >= 11 is 5.96. The molecular formula is C21H23ClN2O5. The third-order valence-corrected chi connectivity index (χ3v) is 4.18. The SMILES string of the molecule is CC(=O)Nc1cccc(NC(=O)COC(=O)CCCOc2ccc(Cl)c(C)c2)c1. The monoisotopic (exact) mass is 418 g/mol. The van der Waals surface area contributed by atoms with Gasteiger partial charge in [0.1, 0.15) is 5.75 Å². The first-order chi connectivity index (χ1) is 13.8. The van der Waals surface area contributed by atoms with Gasteiger partial charge < -0.3 is 20.1 Å². The van der Waals surface area contributed by atoms with Crippen molar-refractivity contribution < 1.29 is 23.9 Å². The number of rotatable bonds is 9. The van der Waals surface area contributed by atoms with Crippen LogP contribution in [0.1, 0.15) is 25.3 Å². The number of aryl methyl sites for hydroxylation is 1. The molecule has 154 valence electrons. The van der Waals surface area contributed by atoms with Crippen LogP contribution in [0.25, 0.3) is 0 Å². The summed E-state index contributed by atoms with van der Waals surface area (Å²) in [6, 6.07) is 12.0. The lowest BCUT2D eigenvalue weighted by molar-refractivity contribution is -0.147. The van der Waals surface area contributed by atoms with Crippen LogP contribution >= 0.6 is 11.6 Å². The molecule has 8 heteroatoms. The number of hydrogen-bond acceptors (Lipinski definition) is 5. The van der Waals surface area contributed by atoms with Crippen LogP contribution in [-0.2, 0) is 19.1 Å².